The molecule has 0 saturated carbocycles. The Morgan fingerprint density at radius 1 is 1.80 bits per heavy atom. The molecular weight excluding hydrogens is 132 g/mol. The largest absolute Gasteiger partial charge is 0.429 e. The summed E-state index contributed by atoms with van der Waals surface area (Å²) in [6.45, 7) is 1.98. The lowest BCUT2D eigenvalue weighted by atomic mass is 10.1. The van der Waals surface area contributed by atoms with Crippen LogP contribution in [-0.2, 0) is 9.53 Å². The first kappa shape index (κ1) is 7.28. The van der Waals surface area contributed by atoms with Gasteiger partial charge in [-0.3, -0.25) is 0 Å². The van der Waals surface area contributed by atoms with Gasteiger partial charge in [0.25, 0.3) is 0 Å². The Balaban J connectivity index is 2.56. The highest BCUT2D eigenvalue weighted by molar-refractivity contribution is 5.85. The molecular formula is C7H10O3. The van der Waals surface area contributed by atoms with Crippen molar-refractivity contribution < 1.29 is 14.6 Å². The van der Waals surface area contributed by atoms with Gasteiger partial charge in [0.1, 0.15) is 0 Å². The predicted octanol–water partition coefficient (Wildman–Crippen LogP) is 0.588. The fourth-order valence-corrected chi connectivity index (χ4v) is 0.927. The average Bonchev–Trinajstić information content (AvgIpc) is 2.13. The van der Waals surface area contributed by atoms with Gasteiger partial charge in [0, 0.05) is 11.6 Å². The van der Waals surface area contributed by atoms with Crippen LogP contribution in [0.1, 0.15) is 19.8 Å². The van der Waals surface area contributed by atoms with E-state index in [-0.39, 0.29) is 0 Å². The minimum atomic E-state index is -0.979. The normalized spacial score (nSPS) is 24.4. The Morgan fingerprint density at radius 3 is 2.90 bits per heavy atom. The van der Waals surface area contributed by atoms with Gasteiger partial charge in [0.2, 0.25) is 6.29 Å². The summed E-state index contributed by atoms with van der Waals surface area (Å²) in [5.41, 5.74) is 0.688. The van der Waals surface area contributed by atoms with Crippen LogP contribution in [0.3, 0.4) is 0 Å². The Hall–Kier alpha value is -0.830. The molecule has 1 atom stereocenters. The predicted molar refractivity (Wildman–Crippen MR) is 35.1 cm³/mol. The topological polar surface area (TPSA) is 46.5 Å². The number of ether oxygens (including phenoxy) is 1. The molecule has 1 heterocycles. The maximum Gasteiger partial charge on any atom is 0.333 e. The second-order valence-electron chi connectivity index (χ2n) is 2.26. The van der Waals surface area contributed by atoms with Crippen LogP contribution in [0.5, 0.6) is 0 Å². The standard InChI is InChI=1S/C7H10O3/c1-2-3-5-4-6(8)10-7(5)9/h4,7,9H,2-3H2,1H3/t7-/m0/s1. The minimum absolute atomic E-state index is 0.434. The molecule has 56 valence electrons. The van der Waals surface area contributed by atoms with Crippen LogP contribution < -0.4 is 0 Å². The number of rotatable bonds is 2. The molecule has 1 aliphatic heterocycles. The number of carbonyl (C=O) groups excluding carboxylic acids is 1. The number of hydrogen-bond donors (Lipinski definition) is 1. The number of aliphatic hydroxyl groups excluding tert-OH is 1. The summed E-state index contributed by atoms with van der Waals surface area (Å²) in [6, 6.07) is 0. The molecule has 0 amide bonds. The molecule has 0 aromatic carbocycles. The molecule has 0 fully saturated rings. The average molecular weight is 142 g/mol. The molecule has 0 aromatic rings. The maximum atomic E-state index is 10.5. The van der Waals surface area contributed by atoms with E-state index >= 15 is 0 Å². The van der Waals surface area contributed by atoms with Crippen LogP contribution in [0.15, 0.2) is 11.6 Å². The van der Waals surface area contributed by atoms with Crippen molar-refractivity contribution in [2.45, 2.75) is 26.1 Å². The van der Waals surface area contributed by atoms with Crippen molar-refractivity contribution in [3.8, 4) is 0 Å². The lowest BCUT2D eigenvalue weighted by molar-refractivity contribution is -0.151. The molecule has 10 heavy (non-hydrogen) atoms. The summed E-state index contributed by atoms with van der Waals surface area (Å²) in [4.78, 5) is 10.5. The van der Waals surface area contributed by atoms with E-state index < -0.39 is 12.3 Å². The van der Waals surface area contributed by atoms with Gasteiger partial charge in [-0.2, -0.15) is 0 Å². The van der Waals surface area contributed by atoms with Gasteiger partial charge in [-0.1, -0.05) is 13.3 Å². The van der Waals surface area contributed by atoms with Crippen molar-refractivity contribution in [3.63, 3.8) is 0 Å². The molecule has 0 spiro atoms. The van der Waals surface area contributed by atoms with Crippen LogP contribution in [0.4, 0.5) is 0 Å². The van der Waals surface area contributed by atoms with Crippen LogP contribution >= 0.6 is 0 Å². The van der Waals surface area contributed by atoms with Gasteiger partial charge in [0.05, 0.1) is 0 Å². The lowest BCUT2D eigenvalue weighted by Crippen LogP contribution is -2.09. The number of carbonyl (C=O) groups is 1. The van der Waals surface area contributed by atoms with E-state index in [1.54, 1.807) is 0 Å². The van der Waals surface area contributed by atoms with Crippen molar-refractivity contribution in [1.29, 1.82) is 0 Å². The molecule has 0 radical (unpaired) electrons. The summed E-state index contributed by atoms with van der Waals surface area (Å²) >= 11 is 0. The monoisotopic (exact) mass is 142 g/mol. The third-order valence-electron chi connectivity index (χ3n) is 1.39. The molecule has 0 bridgehead atoms. The zero-order valence-electron chi connectivity index (χ0n) is 5.83. The van der Waals surface area contributed by atoms with E-state index in [9.17, 15) is 4.79 Å². The minimum Gasteiger partial charge on any atom is -0.429 e. The number of cyclic esters (lactones) is 1. The summed E-state index contributed by atoms with van der Waals surface area (Å²) in [7, 11) is 0. The Labute approximate surface area is 59.3 Å². The van der Waals surface area contributed by atoms with Gasteiger partial charge in [-0.25, -0.2) is 4.79 Å². The first-order valence-corrected chi connectivity index (χ1v) is 3.33. The van der Waals surface area contributed by atoms with Crippen molar-refractivity contribution in [3.05, 3.63) is 11.6 Å². The van der Waals surface area contributed by atoms with E-state index in [2.05, 4.69) is 4.74 Å². The number of hydrogen-bond acceptors (Lipinski definition) is 3. The molecule has 1 rings (SSSR count). The SMILES string of the molecule is CCCC1=CC(=O)O[C@@H]1O. The van der Waals surface area contributed by atoms with Crippen molar-refractivity contribution in [2.24, 2.45) is 0 Å². The second-order valence-corrected chi connectivity index (χ2v) is 2.26. The van der Waals surface area contributed by atoms with Gasteiger partial charge in [-0.15, -0.1) is 0 Å². The smallest absolute Gasteiger partial charge is 0.333 e. The second kappa shape index (κ2) is 2.84. The summed E-state index contributed by atoms with van der Waals surface area (Å²) < 4.78 is 4.45. The zero-order valence-corrected chi connectivity index (χ0v) is 5.83. The first-order valence-electron chi connectivity index (χ1n) is 3.33. The highest BCUT2D eigenvalue weighted by Crippen LogP contribution is 2.17. The van der Waals surface area contributed by atoms with E-state index in [1.807, 2.05) is 6.92 Å². The maximum absolute atomic E-state index is 10.5. The fraction of sp³-hybridized carbons (Fsp3) is 0.571. The quantitative estimate of drug-likeness (QED) is 0.574. The van der Waals surface area contributed by atoms with Gasteiger partial charge >= 0.3 is 5.97 Å². The molecule has 0 saturated heterocycles. The summed E-state index contributed by atoms with van der Waals surface area (Å²) in [5.74, 6) is -0.434. The Bertz CT molecular complexity index is 172. The van der Waals surface area contributed by atoms with Gasteiger partial charge < -0.3 is 9.84 Å². The van der Waals surface area contributed by atoms with E-state index in [0.717, 1.165) is 12.8 Å². The van der Waals surface area contributed by atoms with Crippen molar-refractivity contribution in [1.82, 2.24) is 0 Å². The summed E-state index contributed by atoms with van der Waals surface area (Å²) in [5, 5.41) is 8.98. The van der Waals surface area contributed by atoms with Crippen LogP contribution in [-0.4, -0.2) is 17.4 Å². The van der Waals surface area contributed by atoms with Crippen LogP contribution in [0.2, 0.25) is 0 Å². The molecule has 3 nitrogen and oxygen atoms in total. The Kier molecular flexibility index (Phi) is 2.06. The molecule has 3 heteroatoms. The van der Waals surface area contributed by atoms with Crippen molar-refractivity contribution >= 4 is 5.97 Å². The number of esters is 1. The fourth-order valence-electron chi connectivity index (χ4n) is 0.927. The molecule has 0 unspecified atom stereocenters. The molecule has 0 aromatic heterocycles. The number of aliphatic hydroxyl groups is 1. The van der Waals surface area contributed by atoms with Crippen molar-refractivity contribution in [2.75, 3.05) is 0 Å². The van der Waals surface area contributed by atoms with Crippen LogP contribution in [0, 0.1) is 0 Å². The Morgan fingerprint density at radius 2 is 2.50 bits per heavy atom. The third kappa shape index (κ3) is 1.36. The van der Waals surface area contributed by atoms with Crippen LogP contribution in [0.25, 0.3) is 0 Å². The molecule has 1 N–H and O–H groups in total. The van der Waals surface area contributed by atoms with E-state index in [0.29, 0.717) is 5.57 Å². The van der Waals surface area contributed by atoms with Gasteiger partial charge in [-0.05, 0) is 6.42 Å². The summed E-state index contributed by atoms with van der Waals surface area (Å²) in [6.07, 6.45) is 2.02. The highest BCUT2D eigenvalue weighted by atomic mass is 16.6. The van der Waals surface area contributed by atoms with E-state index in [4.69, 9.17) is 5.11 Å². The van der Waals surface area contributed by atoms with Gasteiger partial charge in [0.15, 0.2) is 0 Å². The molecule has 1 aliphatic rings. The highest BCUT2D eigenvalue weighted by Gasteiger charge is 2.21. The first-order chi connectivity index (χ1) is 4.74. The van der Waals surface area contributed by atoms with E-state index in [1.165, 1.54) is 6.08 Å². The molecule has 0 aliphatic carbocycles. The lowest BCUT2D eigenvalue weighted by Gasteiger charge is -2.04. The third-order valence-corrected chi connectivity index (χ3v) is 1.39. The zero-order chi connectivity index (χ0) is 7.56.